The van der Waals surface area contributed by atoms with Crippen molar-refractivity contribution >= 4 is 16.5 Å². The minimum atomic E-state index is 0.266. The average Bonchev–Trinajstić information content (AvgIpc) is 3.31. The number of hydrogen-bond acceptors (Lipinski definition) is 7. The molecule has 2 saturated heterocycles. The van der Waals surface area contributed by atoms with E-state index in [-0.39, 0.29) is 6.61 Å². The maximum atomic E-state index is 9.15. The Morgan fingerprint density at radius 3 is 2.71 bits per heavy atom. The molecule has 0 saturated carbocycles. The van der Waals surface area contributed by atoms with Crippen molar-refractivity contribution in [2.75, 3.05) is 50.9 Å². The second kappa shape index (κ2) is 11.1. The molecule has 1 aromatic heterocycles. The molecule has 6 nitrogen and oxygen atoms in total. The van der Waals surface area contributed by atoms with Crippen LogP contribution in [0.15, 0.2) is 41.8 Å². The molecule has 2 aliphatic rings. The average molecular weight is 494 g/mol. The molecule has 7 heteroatoms. The largest absolute Gasteiger partial charge is 0.488 e. The summed E-state index contributed by atoms with van der Waals surface area (Å²) in [4.78, 5) is 9.67. The van der Waals surface area contributed by atoms with Gasteiger partial charge in [0, 0.05) is 50.3 Å². The fourth-order valence-corrected chi connectivity index (χ4v) is 5.63. The minimum absolute atomic E-state index is 0.266. The van der Waals surface area contributed by atoms with Crippen molar-refractivity contribution in [3.05, 3.63) is 64.0 Å². The van der Waals surface area contributed by atoms with Crippen LogP contribution in [0, 0.1) is 19.8 Å². The van der Waals surface area contributed by atoms with Gasteiger partial charge in [-0.05, 0) is 55.0 Å². The zero-order valence-electron chi connectivity index (χ0n) is 20.7. The van der Waals surface area contributed by atoms with Crippen LogP contribution in [0.2, 0.25) is 0 Å². The van der Waals surface area contributed by atoms with Gasteiger partial charge in [0.05, 0.1) is 18.9 Å². The van der Waals surface area contributed by atoms with Gasteiger partial charge < -0.3 is 19.5 Å². The third-order valence-corrected chi connectivity index (χ3v) is 7.87. The van der Waals surface area contributed by atoms with Crippen LogP contribution in [0.1, 0.15) is 28.7 Å². The summed E-state index contributed by atoms with van der Waals surface area (Å²) in [5, 5.41) is 12.3. The molecule has 0 spiro atoms. The number of benzene rings is 2. The highest BCUT2D eigenvalue weighted by Crippen LogP contribution is 2.37. The van der Waals surface area contributed by atoms with E-state index in [9.17, 15) is 0 Å². The summed E-state index contributed by atoms with van der Waals surface area (Å²) in [6.07, 6.45) is 0.873. The molecule has 0 unspecified atom stereocenters. The number of aromatic nitrogens is 1. The number of thiazole rings is 1. The zero-order valence-corrected chi connectivity index (χ0v) is 21.5. The number of aliphatic hydroxyl groups is 1. The van der Waals surface area contributed by atoms with Crippen LogP contribution >= 0.6 is 11.3 Å². The van der Waals surface area contributed by atoms with Crippen molar-refractivity contribution in [3.63, 3.8) is 0 Å². The molecule has 1 N–H and O–H groups in total. The van der Waals surface area contributed by atoms with E-state index in [1.807, 2.05) is 0 Å². The molecular formula is C28H35N3O3S. The van der Waals surface area contributed by atoms with Crippen LogP contribution in [0.25, 0.3) is 11.3 Å². The first-order chi connectivity index (χ1) is 17.1. The van der Waals surface area contributed by atoms with E-state index in [0.29, 0.717) is 12.5 Å². The number of morpholine rings is 1. The lowest BCUT2D eigenvalue weighted by Crippen LogP contribution is -2.47. The van der Waals surface area contributed by atoms with Gasteiger partial charge in [-0.1, -0.05) is 29.8 Å². The molecular weight excluding hydrogens is 458 g/mol. The quantitative estimate of drug-likeness (QED) is 0.468. The number of anilines is 1. The Bertz CT molecular complexity index is 1140. The van der Waals surface area contributed by atoms with Crippen molar-refractivity contribution in [2.45, 2.75) is 33.4 Å². The Hall–Kier alpha value is -2.45. The van der Waals surface area contributed by atoms with E-state index in [1.54, 1.807) is 11.3 Å². The van der Waals surface area contributed by atoms with Gasteiger partial charge in [0.15, 0.2) is 5.13 Å². The predicted molar refractivity (Wildman–Crippen MR) is 141 cm³/mol. The lowest BCUT2D eigenvalue weighted by Gasteiger charge is -2.38. The van der Waals surface area contributed by atoms with Crippen LogP contribution in [0.4, 0.5) is 5.13 Å². The third kappa shape index (κ3) is 5.86. The van der Waals surface area contributed by atoms with Crippen LogP contribution in [-0.4, -0.2) is 61.0 Å². The van der Waals surface area contributed by atoms with E-state index < -0.39 is 0 Å². The lowest BCUT2D eigenvalue weighted by atomic mass is 9.98. The maximum absolute atomic E-state index is 9.15. The monoisotopic (exact) mass is 493 g/mol. The number of ether oxygens (including phenoxy) is 2. The van der Waals surface area contributed by atoms with E-state index in [4.69, 9.17) is 19.6 Å². The molecule has 0 radical (unpaired) electrons. The van der Waals surface area contributed by atoms with E-state index >= 15 is 0 Å². The molecule has 0 amide bonds. The van der Waals surface area contributed by atoms with Gasteiger partial charge in [-0.15, -0.1) is 11.3 Å². The summed E-state index contributed by atoms with van der Waals surface area (Å²) in [5.74, 6) is 1.44. The molecule has 5 rings (SSSR count). The Labute approximate surface area is 212 Å². The Morgan fingerprint density at radius 2 is 1.94 bits per heavy atom. The van der Waals surface area contributed by atoms with Crippen molar-refractivity contribution in [3.8, 4) is 17.0 Å². The van der Waals surface area contributed by atoms with E-state index in [2.05, 4.69) is 65.4 Å². The molecule has 3 heterocycles. The first-order valence-corrected chi connectivity index (χ1v) is 13.4. The summed E-state index contributed by atoms with van der Waals surface area (Å²) >= 11 is 1.68. The number of aryl methyl sites for hydroxylation is 2. The standard InChI is InChI=1S/C28H35N3O3S/c1-20-3-6-27(25(13-20)26-19-35-28(29-26)31-16-23(17-31)7-10-32)34-18-24-5-4-22(14-21(24)2)15-30-8-11-33-12-9-30/h3-6,13-14,19,23,32H,7-12,15-18H2,1-2H3. The van der Waals surface area contributed by atoms with Gasteiger partial charge in [0.1, 0.15) is 12.4 Å². The smallest absolute Gasteiger partial charge is 0.185 e. The first-order valence-electron chi connectivity index (χ1n) is 12.5. The van der Waals surface area contributed by atoms with Crippen LogP contribution < -0.4 is 9.64 Å². The Kier molecular flexibility index (Phi) is 7.68. The lowest BCUT2D eigenvalue weighted by molar-refractivity contribution is 0.0342. The summed E-state index contributed by atoms with van der Waals surface area (Å²) in [7, 11) is 0. The van der Waals surface area contributed by atoms with Crippen LogP contribution in [0.5, 0.6) is 5.75 Å². The molecule has 2 aliphatic heterocycles. The second-order valence-corrected chi connectivity index (χ2v) is 10.6. The van der Waals surface area contributed by atoms with Crippen molar-refractivity contribution < 1.29 is 14.6 Å². The van der Waals surface area contributed by atoms with Gasteiger partial charge in [0.2, 0.25) is 0 Å². The molecule has 35 heavy (non-hydrogen) atoms. The van der Waals surface area contributed by atoms with Crippen LogP contribution in [0.3, 0.4) is 0 Å². The second-order valence-electron chi connectivity index (χ2n) is 9.74. The summed E-state index contributed by atoms with van der Waals surface area (Å²) in [6, 6.07) is 13.0. The molecule has 186 valence electrons. The summed E-state index contributed by atoms with van der Waals surface area (Å²) < 4.78 is 11.8. The number of nitrogens with zero attached hydrogens (tertiary/aromatic N) is 3. The normalized spacial score (nSPS) is 16.9. The van der Waals surface area contributed by atoms with Crippen LogP contribution in [-0.2, 0) is 17.9 Å². The van der Waals surface area contributed by atoms with Gasteiger partial charge in [0.25, 0.3) is 0 Å². The summed E-state index contributed by atoms with van der Waals surface area (Å²) in [5.41, 5.74) is 7.00. The zero-order chi connectivity index (χ0) is 24.2. The van der Waals surface area contributed by atoms with E-state index in [0.717, 1.165) is 74.5 Å². The Balaban J connectivity index is 1.25. The number of aliphatic hydroxyl groups excluding tert-OH is 1. The minimum Gasteiger partial charge on any atom is -0.488 e. The fraction of sp³-hybridized carbons (Fsp3) is 0.464. The summed E-state index contributed by atoms with van der Waals surface area (Å²) in [6.45, 7) is 11.6. The topological polar surface area (TPSA) is 58.1 Å². The van der Waals surface area contributed by atoms with Gasteiger partial charge in [-0.25, -0.2) is 4.98 Å². The number of hydrogen-bond donors (Lipinski definition) is 1. The molecule has 0 aliphatic carbocycles. The predicted octanol–water partition coefficient (Wildman–Crippen LogP) is 4.66. The highest BCUT2D eigenvalue weighted by Gasteiger charge is 2.28. The first kappa shape index (κ1) is 24.3. The van der Waals surface area contributed by atoms with Crippen molar-refractivity contribution in [2.24, 2.45) is 5.92 Å². The van der Waals surface area contributed by atoms with E-state index in [1.165, 1.54) is 22.3 Å². The Morgan fingerprint density at radius 1 is 1.11 bits per heavy atom. The molecule has 3 aromatic rings. The maximum Gasteiger partial charge on any atom is 0.185 e. The molecule has 0 bridgehead atoms. The van der Waals surface area contributed by atoms with Gasteiger partial charge >= 0.3 is 0 Å². The van der Waals surface area contributed by atoms with Gasteiger partial charge in [-0.3, -0.25) is 4.90 Å². The van der Waals surface area contributed by atoms with Crippen molar-refractivity contribution in [1.82, 2.24) is 9.88 Å². The number of rotatable bonds is 9. The van der Waals surface area contributed by atoms with Crippen molar-refractivity contribution in [1.29, 1.82) is 0 Å². The SMILES string of the molecule is Cc1ccc(OCc2ccc(CN3CCOCC3)cc2C)c(-c2csc(N3CC(CCO)C3)n2)c1. The fourth-order valence-electron chi connectivity index (χ4n) is 4.79. The molecule has 2 aromatic carbocycles. The highest BCUT2D eigenvalue weighted by atomic mass is 32.1. The molecule has 2 fully saturated rings. The van der Waals surface area contributed by atoms with Gasteiger partial charge in [-0.2, -0.15) is 0 Å². The third-order valence-electron chi connectivity index (χ3n) is 6.97. The molecule has 0 atom stereocenters. The highest BCUT2D eigenvalue weighted by molar-refractivity contribution is 7.14.